The van der Waals surface area contributed by atoms with Gasteiger partial charge in [0.2, 0.25) is 0 Å². The Morgan fingerprint density at radius 3 is 2.67 bits per heavy atom. The van der Waals surface area contributed by atoms with Crippen LogP contribution in [0.1, 0.15) is 30.6 Å². The van der Waals surface area contributed by atoms with Crippen LogP contribution >= 0.6 is 0 Å². The summed E-state index contributed by atoms with van der Waals surface area (Å²) in [6.07, 6.45) is 0.364. The molecule has 0 aliphatic carbocycles. The molecule has 0 fully saturated rings. The van der Waals surface area contributed by atoms with Crippen molar-refractivity contribution in [2.75, 3.05) is 18.6 Å². The van der Waals surface area contributed by atoms with Crippen molar-refractivity contribution in [1.82, 2.24) is 0 Å². The largest absolute Gasteiger partial charge is 0.369 e. The number of carbonyl (C=O) groups is 2. The fourth-order valence-corrected chi connectivity index (χ4v) is 2.04. The van der Waals surface area contributed by atoms with Gasteiger partial charge in [0.05, 0.1) is 5.69 Å². The molecule has 1 amide bonds. The summed E-state index contributed by atoms with van der Waals surface area (Å²) in [7, 11) is 1.51. The number of fused-ring (bicyclic) bond motifs is 1. The topological polar surface area (TPSA) is 46.6 Å². The van der Waals surface area contributed by atoms with Crippen molar-refractivity contribution in [2.24, 2.45) is 0 Å². The average molecular weight is 247 g/mol. The van der Waals surface area contributed by atoms with Gasteiger partial charge in [0, 0.05) is 25.6 Å². The Labute approximate surface area is 107 Å². The summed E-state index contributed by atoms with van der Waals surface area (Å²) in [6, 6.07) is 7.20. The van der Waals surface area contributed by atoms with Gasteiger partial charge in [0.15, 0.2) is 5.78 Å². The van der Waals surface area contributed by atoms with Gasteiger partial charge in [0.1, 0.15) is 5.60 Å². The Balaban J connectivity index is 2.41. The number of methoxy groups -OCH3 is 1. The SMILES string of the molecule is COC(C)(C)C(=O)N1CCC(=O)c2ccccc21. The molecule has 18 heavy (non-hydrogen) atoms. The monoisotopic (exact) mass is 247 g/mol. The molecule has 0 aromatic heterocycles. The van der Waals surface area contributed by atoms with Crippen LogP contribution in [0.25, 0.3) is 0 Å². The number of ether oxygens (including phenoxy) is 1. The highest BCUT2D eigenvalue weighted by Crippen LogP contribution is 2.29. The highest BCUT2D eigenvalue weighted by atomic mass is 16.5. The van der Waals surface area contributed by atoms with Gasteiger partial charge in [-0.05, 0) is 26.0 Å². The summed E-state index contributed by atoms with van der Waals surface area (Å²) in [5.74, 6) is -0.0326. The summed E-state index contributed by atoms with van der Waals surface area (Å²) in [6.45, 7) is 3.88. The van der Waals surface area contributed by atoms with E-state index in [0.29, 0.717) is 24.2 Å². The lowest BCUT2D eigenvalue weighted by Crippen LogP contribution is -2.49. The van der Waals surface area contributed by atoms with Crippen LogP contribution in [0.4, 0.5) is 5.69 Å². The highest BCUT2D eigenvalue weighted by Gasteiger charge is 2.36. The van der Waals surface area contributed by atoms with Crippen molar-refractivity contribution in [3.63, 3.8) is 0 Å². The Morgan fingerprint density at radius 2 is 2.00 bits per heavy atom. The number of nitrogens with zero attached hydrogens (tertiary/aromatic N) is 1. The third kappa shape index (κ3) is 2.04. The maximum absolute atomic E-state index is 12.4. The quantitative estimate of drug-likeness (QED) is 0.803. The molecule has 0 saturated carbocycles. The van der Waals surface area contributed by atoms with Crippen molar-refractivity contribution in [3.05, 3.63) is 29.8 Å². The molecule has 4 nitrogen and oxygen atoms in total. The van der Waals surface area contributed by atoms with E-state index in [4.69, 9.17) is 4.74 Å². The maximum atomic E-state index is 12.4. The first-order chi connectivity index (χ1) is 8.47. The lowest BCUT2D eigenvalue weighted by molar-refractivity contribution is -0.136. The lowest BCUT2D eigenvalue weighted by Gasteiger charge is -2.34. The summed E-state index contributed by atoms with van der Waals surface area (Å²) >= 11 is 0. The van der Waals surface area contributed by atoms with Gasteiger partial charge in [-0.1, -0.05) is 12.1 Å². The van der Waals surface area contributed by atoms with Crippen LogP contribution in [0.5, 0.6) is 0 Å². The number of Topliss-reactive ketones (excluding diaryl/α,β-unsaturated/α-hetero) is 1. The molecule has 1 aliphatic heterocycles. The van der Waals surface area contributed by atoms with Crippen LogP contribution in [0.3, 0.4) is 0 Å². The molecule has 1 heterocycles. The van der Waals surface area contributed by atoms with E-state index in [1.54, 1.807) is 30.9 Å². The van der Waals surface area contributed by atoms with Crippen LogP contribution in [0.15, 0.2) is 24.3 Å². The number of carbonyl (C=O) groups excluding carboxylic acids is 2. The Morgan fingerprint density at radius 1 is 1.33 bits per heavy atom. The molecular weight excluding hydrogens is 230 g/mol. The zero-order valence-corrected chi connectivity index (χ0v) is 10.9. The fraction of sp³-hybridized carbons (Fsp3) is 0.429. The number of ketones is 1. The third-order valence-corrected chi connectivity index (χ3v) is 3.33. The summed E-state index contributed by atoms with van der Waals surface area (Å²) in [4.78, 5) is 25.9. The number of para-hydroxylation sites is 1. The number of benzene rings is 1. The van der Waals surface area contributed by atoms with E-state index < -0.39 is 5.60 Å². The predicted octanol–water partition coefficient (Wildman–Crippen LogP) is 2.03. The number of rotatable bonds is 2. The zero-order valence-electron chi connectivity index (χ0n) is 10.9. The molecule has 1 aromatic carbocycles. The lowest BCUT2D eigenvalue weighted by atomic mass is 9.98. The van der Waals surface area contributed by atoms with Gasteiger partial charge < -0.3 is 9.64 Å². The van der Waals surface area contributed by atoms with E-state index in [1.165, 1.54) is 7.11 Å². The van der Waals surface area contributed by atoms with Crippen molar-refractivity contribution >= 4 is 17.4 Å². The van der Waals surface area contributed by atoms with E-state index in [0.717, 1.165) is 0 Å². The van der Waals surface area contributed by atoms with Gasteiger partial charge in [-0.25, -0.2) is 0 Å². The maximum Gasteiger partial charge on any atom is 0.258 e. The predicted molar refractivity (Wildman–Crippen MR) is 68.8 cm³/mol. The van der Waals surface area contributed by atoms with E-state index in [-0.39, 0.29) is 11.7 Å². The smallest absolute Gasteiger partial charge is 0.258 e. The van der Waals surface area contributed by atoms with Crippen molar-refractivity contribution in [1.29, 1.82) is 0 Å². The van der Waals surface area contributed by atoms with Gasteiger partial charge in [-0.2, -0.15) is 0 Å². The summed E-state index contributed by atoms with van der Waals surface area (Å²) in [5.41, 5.74) is 0.418. The second-order valence-electron chi connectivity index (χ2n) is 4.86. The van der Waals surface area contributed by atoms with E-state index >= 15 is 0 Å². The van der Waals surface area contributed by atoms with Crippen LogP contribution < -0.4 is 4.90 Å². The summed E-state index contributed by atoms with van der Waals surface area (Å²) < 4.78 is 5.22. The van der Waals surface area contributed by atoms with Crippen LogP contribution in [-0.2, 0) is 9.53 Å². The first kappa shape index (κ1) is 12.8. The minimum atomic E-state index is -0.881. The normalized spacial score (nSPS) is 15.5. The second kappa shape index (κ2) is 4.53. The van der Waals surface area contributed by atoms with Crippen LogP contribution in [0, 0.1) is 0 Å². The molecule has 0 N–H and O–H groups in total. The standard InChI is InChI=1S/C14H17NO3/c1-14(2,18-3)13(17)15-9-8-12(16)10-6-4-5-7-11(10)15/h4-7H,8-9H2,1-3H3. The number of amides is 1. The van der Waals surface area contributed by atoms with E-state index in [9.17, 15) is 9.59 Å². The summed E-state index contributed by atoms with van der Waals surface area (Å²) in [5, 5.41) is 0. The fourth-order valence-electron chi connectivity index (χ4n) is 2.04. The van der Waals surface area contributed by atoms with Crippen molar-refractivity contribution in [3.8, 4) is 0 Å². The first-order valence-electron chi connectivity index (χ1n) is 5.96. The van der Waals surface area contributed by atoms with Crippen LogP contribution in [-0.4, -0.2) is 30.9 Å². The molecule has 96 valence electrons. The van der Waals surface area contributed by atoms with Crippen molar-refractivity contribution < 1.29 is 14.3 Å². The van der Waals surface area contributed by atoms with Gasteiger partial charge >= 0.3 is 0 Å². The Hall–Kier alpha value is -1.68. The van der Waals surface area contributed by atoms with Gasteiger partial charge in [-0.15, -0.1) is 0 Å². The molecule has 0 bridgehead atoms. The molecule has 0 unspecified atom stereocenters. The molecule has 0 radical (unpaired) electrons. The minimum absolute atomic E-state index is 0.0878. The minimum Gasteiger partial charge on any atom is -0.369 e. The third-order valence-electron chi connectivity index (χ3n) is 3.33. The Kier molecular flexibility index (Phi) is 3.22. The number of hydrogen-bond donors (Lipinski definition) is 0. The van der Waals surface area contributed by atoms with Crippen molar-refractivity contribution in [2.45, 2.75) is 25.9 Å². The number of anilines is 1. The van der Waals surface area contributed by atoms with E-state index in [1.807, 2.05) is 12.1 Å². The molecule has 0 atom stereocenters. The molecule has 1 aromatic rings. The van der Waals surface area contributed by atoms with E-state index in [2.05, 4.69) is 0 Å². The second-order valence-corrected chi connectivity index (χ2v) is 4.86. The van der Waals surface area contributed by atoms with Gasteiger partial charge in [-0.3, -0.25) is 9.59 Å². The average Bonchev–Trinajstić information content (AvgIpc) is 2.39. The number of hydrogen-bond acceptors (Lipinski definition) is 3. The molecular formula is C14H17NO3. The Bertz CT molecular complexity index is 494. The molecule has 2 rings (SSSR count). The highest BCUT2D eigenvalue weighted by molar-refractivity contribution is 6.10. The molecule has 4 heteroatoms. The first-order valence-corrected chi connectivity index (χ1v) is 5.96. The molecule has 1 aliphatic rings. The molecule has 0 spiro atoms. The van der Waals surface area contributed by atoms with Crippen LogP contribution in [0.2, 0.25) is 0 Å². The zero-order chi connectivity index (χ0) is 13.3. The molecule has 0 saturated heterocycles. The van der Waals surface area contributed by atoms with Gasteiger partial charge in [0.25, 0.3) is 5.91 Å².